The Balaban J connectivity index is 3.61. The van der Waals surface area contributed by atoms with E-state index in [2.05, 4.69) is 10.6 Å². The summed E-state index contributed by atoms with van der Waals surface area (Å²) in [6.45, 7) is 2.13. The van der Waals surface area contributed by atoms with Gasteiger partial charge in [-0.3, -0.25) is 0 Å². The zero-order chi connectivity index (χ0) is 12.6. The fraction of sp³-hybridized carbons (Fsp3) is 0.889. The molecule has 2 amide bonds. The van der Waals surface area contributed by atoms with E-state index in [1.807, 2.05) is 0 Å². The molecule has 16 heavy (non-hydrogen) atoms. The minimum Gasteiger partial charge on any atom is -0.383 e. The molecule has 0 aromatic heterocycles. The minimum atomic E-state index is -2.61. The molecule has 0 radical (unpaired) electrons. The first-order chi connectivity index (χ1) is 7.40. The van der Waals surface area contributed by atoms with Crippen molar-refractivity contribution >= 4 is 6.03 Å². The third-order valence-electron chi connectivity index (χ3n) is 2.04. The lowest BCUT2D eigenvalue weighted by molar-refractivity contribution is 0.0593. The maximum atomic E-state index is 12.3. The average Bonchev–Trinajstić information content (AvgIpc) is 2.17. The first-order valence-corrected chi connectivity index (χ1v) is 4.98. The van der Waals surface area contributed by atoms with Crippen molar-refractivity contribution in [1.82, 2.24) is 10.6 Å². The van der Waals surface area contributed by atoms with Crippen LogP contribution in [0, 0.1) is 0 Å². The zero-order valence-electron chi connectivity index (χ0n) is 9.56. The number of methoxy groups -OCH3 is 1. The van der Waals surface area contributed by atoms with Crippen LogP contribution in [-0.4, -0.2) is 44.8 Å². The number of nitrogens with one attached hydrogen (secondary N) is 2. The summed E-state index contributed by atoms with van der Waals surface area (Å²) in [6.07, 6.45) is -2.59. The second kappa shape index (κ2) is 7.34. The Bertz CT molecular complexity index is 213. The summed E-state index contributed by atoms with van der Waals surface area (Å²) in [5, 5.41) is 4.93. The van der Waals surface area contributed by atoms with Gasteiger partial charge in [0, 0.05) is 20.2 Å². The summed E-state index contributed by atoms with van der Waals surface area (Å²) >= 11 is 0. The molecule has 1 atom stereocenters. The van der Waals surface area contributed by atoms with Crippen LogP contribution in [0.15, 0.2) is 0 Å². The van der Waals surface area contributed by atoms with Crippen LogP contribution in [0.5, 0.6) is 0 Å². The number of hydrogen-bond donors (Lipinski definition) is 3. The van der Waals surface area contributed by atoms with Gasteiger partial charge >= 0.3 is 6.03 Å². The molecule has 0 saturated carbocycles. The monoisotopic (exact) mass is 239 g/mol. The smallest absolute Gasteiger partial charge is 0.314 e. The number of halogens is 2. The van der Waals surface area contributed by atoms with E-state index in [-0.39, 0.29) is 13.0 Å². The lowest BCUT2D eigenvalue weighted by Crippen LogP contribution is -2.47. The summed E-state index contributed by atoms with van der Waals surface area (Å²) < 4.78 is 29.4. The van der Waals surface area contributed by atoms with Crippen LogP contribution in [0.3, 0.4) is 0 Å². The molecule has 0 aliphatic rings. The quantitative estimate of drug-likeness (QED) is 0.559. The number of carbonyl (C=O) groups is 1. The van der Waals surface area contributed by atoms with Crippen LogP contribution in [0.2, 0.25) is 0 Å². The Morgan fingerprint density at radius 2 is 2.00 bits per heavy atom. The summed E-state index contributed by atoms with van der Waals surface area (Å²) in [4.78, 5) is 11.1. The largest absolute Gasteiger partial charge is 0.383 e. The van der Waals surface area contributed by atoms with Crippen molar-refractivity contribution in [3.63, 3.8) is 0 Å². The van der Waals surface area contributed by atoms with Gasteiger partial charge in [-0.2, -0.15) is 0 Å². The topological polar surface area (TPSA) is 76.4 Å². The van der Waals surface area contributed by atoms with Crippen molar-refractivity contribution in [1.29, 1.82) is 0 Å². The van der Waals surface area contributed by atoms with Crippen LogP contribution < -0.4 is 16.4 Å². The van der Waals surface area contributed by atoms with Crippen LogP contribution in [0.25, 0.3) is 0 Å². The molecule has 0 aliphatic carbocycles. The van der Waals surface area contributed by atoms with E-state index in [0.29, 0.717) is 13.2 Å². The molecule has 0 aromatic rings. The molecule has 4 N–H and O–H groups in total. The number of nitrogens with two attached hydrogens (primary N) is 1. The Kier molecular flexibility index (Phi) is 6.91. The van der Waals surface area contributed by atoms with Crippen LogP contribution in [0.1, 0.15) is 13.3 Å². The number of carbonyl (C=O) groups excluding carboxylic acids is 1. The summed E-state index contributed by atoms with van der Waals surface area (Å²) in [5.41, 5.74) is 3.76. The Morgan fingerprint density at radius 3 is 2.50 bits per heavy atom. The van der Waals surface area contributed by atoms with E-state index >= 15 is 0 Å². The lowest BCUT2D eigenvalue weighted by Gasteiger charge is -2.23. The highest BCUT2D eigenvalue weighted by molar-refractivity contribution is 5.73. The van der Waals surface area contributed by atoms with Gasteiger partial charge in [0.25, 0.3) is 6.43 Å². The molecule has 0 rings (SSSR count). The van der Waals surface area contributed by atoms with Gasteiger partial charge in [-0.05, 0) is 13.3 Å². The summed E-state index contributed by atoms with van der Waals surface area (Å²) in [7, 11) is 1.52. The normalized spacial score (nSPS) is 14.6. The van der Waals surface area contributed by atoms with Crippen LogP contribution in [-0.2, 0) is 4.74 Å². The van der Waals surface area contributed by atoms with E-state index in [9.17, 15) is 13.6 Å². The maximum Gasteiger partial charge on any atom is 0.314 e. The molecule has 0 spiro atoms. The molecule has 0 bridgehead atoms. The number of alkyl halides is 2. The minimum absolute atomic E-state index is 0.0162. The van der Waals surface area contributed by atoms with Crippen molar-refractivity contribution in [2.24, 2.45) is 5.73 Å². The first kappa shape index (κ1) is 15.0. The third-order valence-corrected chi connectivity index (χ3v) is 2.04. The second-order valence-corrected chi connectivity index (χ2v) is 3.73. The molecule has 5 nitrogen and oxygen atoms in total. The van der Waals surface area contributed by atoms with Crippen LogP contribution >= 0.6 is 0 Å². The van der Waals surface area contributed by atoms with Crippen molar-refractivity contribution < 1.29 is 18.3 Å². The van der Waals surface area contributed by atoms with Gasteiger partial charge in [0.05, 0.1) is 12.1 Å². The SMILES string of the molecule is COCCNC(=O)NCCC(C)(N)C(F)F. The summed E-state index contributed by atoms with van der Waals surface area (Å²) in [6, 6.07) is -0.415. The van der Waals surface area contributed by atoms with Gasteiger partial charge in [-0.15, -0.1) is 0 Å². The van der Waals surface area contributed by atoms with Gasteiger partial charge in [0.1, 0.15) is 0 Å². The Hall–Kier alpha value is -0.950. The highest BCUT2D eigenvalue weighted by Gasteiger charge is 2.29. The number of rotatable bonds is 7. The molecule has 0 fully saturated rings. The van der Waals surface area contributed by atoms with Gasteiger partial charge in [-0.25, -0.2) is 13.6 Å². The van der Waals surface area contributed by atoms with Crippen molar-refractivity contribution in [3.8, 4) is 0 Å². The molecule has 0 aliphatic heterocycles. The van der Waals surface area contributed by atoms with Crippen LogP contribution in [0.4, 0.5) is 13.6 Å². The summed E-state index contributed by atoms with van der Waals surface area (Å²) in [5.74, 6) is 0. The maximum absolute atomic E-state index is 12.3. The third kappa shape index (κ3) is 6.52. The Labute approximate surface area is 93.7 Å². The number of amides is 2. The van der Waals surface area contributed by atoms with Gasteiger partial charge in [0.15, 0.2) is 0 Å². The molecular formula is C9H19F2N3O2. The van der Waals surface area contributed by atoms with Gasteiger partial charge < -0.3 is 21.1 Å². The van der Waals surface area contributed by atoms with E-state index in [1.54, 1.807) is 0 Å². The molecule has 1 unspecified atom stereocenters. The van der Waals surface area contributed by atoms with Gasteiger partial charge in [-0.1, -0.05) is 0 Å². The predicted octanol–water partition coefficient (Wildman–Crippen LogP) is 0.305. The average molecular weight is 239 g/mol. The number of urea groups is 1. The van der Waals surface area contributed by atoms with E-state index in [0.717, 1.165) is 0 Å². The highest BCUT2D eigenvalue weighted by atomic mass is 19.3. The van der Waals surface area contributed by atoms with Crippen molar-refractivity contribution in [3.05, 3.63) is 0 Å². The molecule has 0 saturated heterocycles. The van der Waals surface area contributed by atoms with Crippen molar-refractivity contribution in [2.75, 3.05) is 26.8 Å². The lowest BCUT2D eigenvalue weighted by atomic mass is 10.0. The molecule has 0 heterocycles. The van der Waals surface area contributed by atoms with Gasteiger partial charge in [0.2, 0.25) is 0 Å². The zero-order valence-corrected chi connectivity index (χ0v) is 9.56. The predicted molar refractivity (Wildman–Crippen MR) is 56.5 cm³/mol. The second-order valence-electron chi connectivity index (χ2n) is 3.73. The molecule has 0 aromatic carbocycles. The molecular weight excluding hydrogens is 220 g/mol. The fourth-order valence-electron chi connectivity index (χ4n) is 0.884. The van der Waals surface area contributed by atoms with E-state index in [4.69, 9.17) is 10.5 Å². The number of ether oxygens (including phenoxy) is 1. The highest BCUT2D eigenvalue weighted by Crippen LogP contribution is 2.14. The molecule has 96 valence electrons. The molecule has 7 heteroatoms. The van der Waals surface area contributed by atoms with E-state index in [1.165, 1.54) is 14.0 Å². The van der Waals surface area contributed by atoms with Crippen molar-refractivity contribution in [2.45, 2.75) is 25.3 Å². The first-order valence-electron chi connectivity index (χ1n) is 4.98. The Morgan fingerprint density at radius 1 is 1.44 bits per heavy atom. The van der Waals surface area contributed by atoms with E-state index < -0.39 is 18.0 Å². The standard InChI is InChI=1S/C9H19F2N3O2/c1-9(12,7(10)11)3-4-13-8(15)14-5-6-16-2/h7H,3-6,12H2,1-2H3,(H2,13,14,15). The number of hydrogen-bond acceptors (Lipinski definition) is 3. The fourth-order valence-corrected chi connectivity index (χ4v) is 0.884.